The molecule has 1 saturated carbocycles. The molecule has 40 heavy (non-hydrogen) atoms. The van der Waals surface area contributed by atoms with Gasteiger partial charge in [0.1, 0.15) is 11.6 Å². The summed E-state index contributed by atoms with van der Waals surface area (Å²) < 4.78 is 56.3. The first-order valence-electron chi connectivity index (χ1n) is 12.0. The molecule has 0 radical (unpaired) electrons. The standard InChI is InChI=1S/C27H20F4N4O4S/c28-19-8-7-17(13-21(19)33-23(36)11-14-2-1-3-18(10-14)39-27(29,30)31)32-25(38)16-6-9-20-22(12-16)40-26(34-20)35-24(37)15-4-5-15/h1-3,6-10,12-13,15H,4-5,11H2,(H,32,38)(H,33,36)(H,34,35,37). The molecule has 3 amide bonds. The number of carbonyl (C=O) groups excluding carboxylic acids is 3. The number of hydrogen-bond acceptors (Lipinski definition) is 6. The van der Waals surface area contributed by atoms with Crippen molar-refractivity contribution in [1.29, 1.82) is 0 Å². The second-order valence-electron chi connectivity index (χ2n) is 9.03. The number of anilines is 3. The van der Waals surface area contributed by atoms with Crippen LogP contribution in [-0.4, -0.2) is 29.1 Å². The summed E-state index contributed by atoms with van der Waals surface area (Å²) >= 11 is 1.24. The first-order valence-corrected chi connectivity index (χ1v) is 12.8. The van der Waals surface area contributed by atoms with E-state index < -0.39 is 29.7 Å². The molecular formula is C27H20F4N4O4S. The summed E-state index contributed by atoms with van der Waals surface area (Å²) in [6, 6.07) is 13.3. The number of thiazole rings is 1. The SMILES string of the molecule is O=C(Cc1cccc(OC(F)(F)F)c1)Nc1cc(NC(=O)c2ccc3nc(NC(=O)C4CC4)sc3c2)ccc1F. The van der Waals surface area contributed by atoms with Crippen LogP contribution >= 0.6 is 11.3 Å². The van der Waals surface area contributed by atoms with Crippen LogP contribution in [0.5, 0.6) is 5.75 Å². The number of fused-ring (bicyclic) bond motifs is 1. The molecule has 1 heterocycles. The van der Waals surface area contributed by atoms with Crippen LogP contribution in [0, 0.1) is 11.7 Å². The maximum Gasteiger partial charge on any atom is 0.573 e. The molecule has 0 atom stereocenters. The Morgan fingerprint density at radius 2 is 1.77 bits per heavy atom. The Balaban J connectivity index is 1.23. The first kappa shape index (κ1) is 27.1. The number of nitrogens with zero attached hydrogens (tertiary/aromatic N) is 1. The van der Waals surface area contributed by atoms with Crippen molar-refractivity contribution in [3.8, 4) is 5.75 Å². The van der Waals surface area contributed by atoms with Crippen molar-refractivity contribution >= 4 is 55.8 Å². The van der Waals surface area contributed by atoms with Gasteiger partial charge in [0.25, 0.3) is 5.91 Å². The third kappa shape index (κ3) is 6.91. The lowest BCUT2D eigenvalue weighted by Gasteiger charge is -2.11. The van der Waals surface area contributed by atoms with Gasteiger partial charge in [-0.05, 0) is 66.9 Å². The highest BCUT2D eigenvalue weighted by Gasteiger charge is 2.31. The van der Waals surface area contributed by atoms with Gasteiger partial charge < -0.3 is 20.7 Å². The Morgan fingerprint density at radius 1 is 0.975 bits per heavy atom. The molecule has 1 aromatic heterocycles. The highest BCUT2D eigenvalue weighted by molar-refractivity contribution is 7.22. The number of amides is 3. The van der Waals surface area contributed by atoms with Crippen molar-refractivity contribution in [2.24, 2.45) is 5.92 Å². The summed E-state index contributed by atoms with van der Waals surface area (Å²) in [5.74, 6) is -2.48. The van der Waals surface area contributed by atoms with Crippen LogP contribution in [0.15, 0.2) is 60.7 Å². The average molecular weight is 573 g/mol. The minimum Gasteiger partial charge on any atom is -0.406 e. The number of carbonyl (C=O) groups is 3. The molecule has 13 heteroatoms. The Morgan fingerprint density at radius 3 is 2.52 bits per heavy atom. The summed E-state index contributed by atoms with van der Waals surface area (Å²) in [6.45, 7) is 0. The number of hydrogen-bond donors (Lipinski definition) is 3. The van der Waals surface area contributed by atoms with E-state index in [-0.39, 0.29) is 35.2 Å². The third-order valence-electron chi connectivity index (χ3n) is 5.82. The van der Waals surface area contributed by atoms with Gasteiger partial charge in [-0.1, -0.05) is 23.5 Å². The fourth-order valence-electron chi connectivity index (χ4n) is 3.81. The van der Waals surface area contributed by atoms with Gasteiger partial charge in [0.2, 0.25) is 11.8 Å². The molecule has 0 aliphatic heterocycles. The predicted molar refractivity (Wildman–Crippen MR) is 141 cm³/mol. The Bertz CT molecular complexity index is 1620. The predicted octanol–water partition coefficient (Wildman–Crippen LogP) is 6.12. The average Bonchev–Trinajstić information content (AvgIpc) is 3.65. The molecule has 0 unspecified atom stereocenters. The van der Waals surface area contributed by atoms with Crippen molar-refractivity contribution in [3.05, 3.63) is 77.6 Å². The van der Waals surface area contributed by atoms with E-state index in [1.807, 2.05) is 0 Å². The monoisotopic (exact) mass is 572 g/mol. The minimum atomic E-state index is -4.88. The lowest BCUT2D eigenvalue weighted by atomic mass is 10.1. The van der Waals surface area contributed by atoms with Gasteiger partial charge in [-0.3, -0.25) is 14.4 Å². The van der Waals surface area contributed by atoms with Crippen LogP contribution in [0.3, 0.4) is 0 Å². The highest BCUT2D eigenvalue weighted by atomic mass is 32.1. The Hall–Kier alpha value is -4.52. The van der Waals surface area contributed by atoms with Gasteiger partial charge in [0.05, 0.1) is 22.3 Å². The molecule has 5 rings (SSSR count). The Kier molecular flexibility index (Phi) is 7.39. The molecule has 206 valence electrons. The van der Waals surface area contributed by atoms with Gasteiger partial charge in [-0.25, -0.2) is 9.37 Å². The second kappa shape index (κ2) is 10.9. The van der Waals surface area contributed by atoms with Crippen LogP contribution in [0.1, 0.15) is 28.8 Å². The molecule has 3 aromatic carbocycles. The fourth-order valence-corrected chi connectivity index (χ4v) is 4.71. The van der Waals surface area contributed by atoms with E-state index in [4.69, 9.17) is 0 Å². The number of aromatic nitrogens is 1. The lowest BCUT2D eigenvalue weighted by molar-refractivity contribution is -0.274. The largest absolute Gasteiger partial charge is 0.573 e. The second-order valence-corrected chi connectivity index (χ2v) is 10.1. The summed E-state index contributed by atoms with van der Waals surface area (Å²) in [6.07, 6.45) is -3.49. The maximum absolute atomic E-state index is 14.4. The van der Waals surface area contributed by atoms with Crippen LogP contribution < -0.4 is 20.7 Å². The van der Waals surface area contributed by atoms with Gasteiger partial charge in [-0.2, -0.15) is 0 Å². The van der Waals surface area contributed by atoms with E-state index in [9.17, 15) is 31.9 Å². The molecule has 0 saturated heterocycles. The van der Waals surface area contributed by atoms with Crippen molar-refractivity contribution in [2.75, 3.05) is 16.0 Å². The fraction of sp³-hybridized carbons (Fsp3) is 0.185. The van der Waals surface area contributed by atoms with Crippen LogP contribution in [0.4, 0.5) is 34.1 Å². The zero-order chi connectivity index (χ0) is 28.4. The van der Waals surface area contributed by atoms with E-state index in [0.29, 0.717) is 20.9 Å². The lowest BCUT2D eigenvalue weighted by Crippen LogP contribution is -2.18. The number of benzene rings is 3. The molecular weight excluding hydrogens is 552 g/mol. The van der Waals surface area contributed by atoms with Crippen LogP contribution in [0.25, 0.3) is 10.2 Å². The molecule has 0 bridgehead atoms. The van der Waals surface area contributed by atoms with E-state index in [1.54, 1.807) is 18.2 Å². The van der Waals surface area contributed by atoms with Gasteiger partial charge >= 0.3 is 6.36 Å². The van der Waals surface area contributed by atoms with Crippen molar-refractivity contribution < 1.29 is 36.7 Å². The molecule has 1 aliphatic rings. The van der Waals surface area contributed by atoms with Crippen LogP contribution in [-0.2, 0) is 16.0 Å². The minimum absolute atomic E-state index is 0.0304. The Labute approximate surface area is 228 Å². The quantitative estimate of drug-likeness (QED) is 0.221. The number of ether oxygens (including phenoxy) is 1. The number of nitrogens with one attached hydrogen (secondary N) is 3. The smallest absolute Gasteiger partial charge is 0.406 e. The van der Waals surface area contributed by atoms with Crippen molar-refractivity contribution in [3.63, 3.8) is 0 Å². The molecule has 4 aromatic rings. The van der Waals surface area contributed by atoms with E-state index >= 15 is 0 Å². The molecule has 1 fully saturated rings. The number of alkyl halides is 3. The van der Waals surface area contributed by atoms with E-state index in [1.165, 1.54) is 35.6 Å². The highest BCUT2D eigenvalue weighted by Crippen LogP contribution is 2.33. The van der Waals surface area contributed by atoms with Crippen molar-refractivity contribution in [1.82, 2.24) is 4.98 Å². The maximum atomic E-state index is 14.4. The normalized spacial score (nSPS) is 13.1. The first-order chi connectivity index (χ1) is 19.0. The number of halogens is 4. The summed E-state index contributed by atoms with van der Waals surface area (Å²) in [7, 11) is 0. The van der Waals surface area contributed by atoms with Gasteiger partial charge in [-0.15, -0.1) is 13.2 Å². The molecule has 3 N–H and O–H groups in total. The topological polar surface area (TPSA) is 109 Å². The van der Waals surface area contributed by atoms with Crippen molar-refractivity contribution in [2.45, 2.75) is 25.6 Å². The van der Waals surface area contributed by atoms with E-state index in [0.717, 1.165) is 31.0 Å². The zero-order valence-electron chi connectivity index (χ0n) is 20.5. The molecule has 1 aliphatic carbocycles. The third-order valence-corrected chi connectivity index (χ3v) is 6.76. The zero-order valence-corrected chi connectivity index (χ0v) is 21.3. The molecule has 8 nitrogen and oxygen atoms in total. The number of rotatable bonds is 8. The van der Waals surface area contributed by atoms with Gasteiger partial charge in [0, 0.05) is 17.2 Å². The summed E-state index contributed by atoms with van der Waals surface area (Å²) in [4.78, 5) is 41.7. The van der Waals surface area contributed by atoms with E-state index in [2.05, 4.69) is 25.7 Å². The summed E-state index contributed by atoms with van der Waals surface area (Å²) in [5, 5.41) is 8.23. The summed E-state index contributed by atoms with van der Waals surface area (Å²) in [5.41, 5.74) is 1.11. The van der Waals surface area contributed by atoms with Crippen LogP contribution in [0.2, 0.25) is 0 Å². The van der Waals surface area contributed by atoms with Gasteiger partial charge in [0.15, 0.2) is 5.13 Å². The molecule has 0 spiro atoms.